The molecule has 0 saturated carbocycles. The minimum absolute atomic E-state index is 0.238. The maximum absolute atomic E-state index is 8.65. The van der Waals surface area contributed by atoms with E-state index in [0.717, 1.165) is 18.1 Å². The summed E-state index contributed by atoms with van der Waals surface area (Å²) >= 11 is 0. The lowest BCUT2D eigenvalue weighted by Gasteiger charge is -2.22. The molecule has 16 heavy (non-hydrogen) atoms. The fourth-order valence-electron chi connectivity index (χ4n) is 1.42. The van der Waals surface area contributed by atoms with Gasteiger partial charge in [0.2, 0.25) is 0 Å². The predicted octanol–water partition coefficient (Wildman–Crippen LogP) is 1.06. The van der Waals surface area contributed by atoms with Gasteiger partial charge in [-0.25, -0.2) is 4.98 Å². The summed E-state index contributed by atoms with van der Waals surface area (Å²) in [6, 6.07) is 0. The van der Waals surface area contributed by atoms with Crippen LogP contribution in [0.1, 0.15) is 31.9 Å². The first kappa shape index (κ1) is 12.5. The lowest BCUT2D eigenvalue weighted by Crippen LogP contribution is -2.33. The summed E-state index contributed by atoms with van der Waals surface area (Å²) in [6.07, 6.45) is 0.743. The molecule has 0 aliphatic rings. The maximum Gasteiger partial charge on any atom is 0.147 e. The molecule has 1 aromatic heterocycles. The first-order chi connectivity index (χ1) is 7.36. The molecule has 3 N–H and O–H groups in total. The summed E-state index contributed by atoms with van der Waals surface area (Å²) in [4.78, 5) is 4.22. The average molecular weight is 225 g/mol. The number of nitrogens with two attached hydrogens (primary N) is 1. The van der Waals surface area contributed by atoms with Crippen molar-refractivity contribution in [3.63, 3.8) is 0 Å². The lowest BCUT2D eigenvalue weighted by atomic mass is 9.88. The number of nitrogens with zero attached hydrogens (tertiary/aromatic N) is 4. The maximum atomic E-state index is 8.65. The largest absolute Gasteiger partial charge is 0.409 e. The molecule has 1 rings (SSSR count). The molecule has 90 valence electrons. The second-order valence-corrected chi connectivity index (χ2v) is 4.55. The number of aromatic nitrogens is 3. The SMILES string of the molecule is Cc1nc(C)n(CCC(C)(C)C(N)=NO)n1. The molecule has 0 aliphatic heterocycles. The molecular formula is C10H19N5O. The smallest absolute Gasteiger partial charge is 0.147 e. The van der Waals surface area contributed by atoms with Gasteiger partial charge < -0.3 is 10.9 Å². The molecule has 0 atom stereocenters. The second kappa shape index (κ2) is 4.51. The van der Waals surface area contributed by atoms with Crippen LogP contribution in [0.2, 0.25) is 0 Å². The van der Waals surface area contributed by atoms with E-state index in [0.29, 0.717) is 6.54 Å². The van der Waals surface area contributed by atoms with Crippen molar-refractivity contribution in [1.82, 2.24) is 14.8 Å². The van der Waals surface area contributed by atoms with E-state index in [1.165, 1.54) is 0 Å². The fraction of sp³-hybridized carbons (Fsp3) is 0.700. The van der Waals surface area contributed by atoms with Crippen LogP contribution in [-0.2, 0) is 6.54 Å². The number of hydrogen-bond acceptors (Lipinski definition) is 4. The van der Waals surface area contributed by atoms with Crippen LogP contribution in [0.4, 0.5) is 0 Å². The van der Waals surface area contributed by atoms with Gasteiger partial charge in [0.15, 0.2) is 0 Å². The van der Waals surface area contributed by atoms with Crippen LogP contribution in [0.5, 0.6) is 0 Å². The third-order valence-corrected chi connectivity index (χ3v) is 2.71. The summed E-state index contributed by atoms with van der Waals surface area (Å²) in [5.41, 5.74) is 5.27. The number of hydrogen-bond donors (Lipinski definition) is 2. The first-order valence-corrected chi connectivity index (χ1v) is 5.23. The van der Waals surface area contributed by atoms with Gasteiger partial charge in [-0.3, -0.25) is 4.68 Å². The molecule has 0 spiro atoms. The number of rotatable bonds is 4. The van der Waals surface area contributed by atoms with Crippen LogP contribution in [0.15, 0.2) is 5.16 Å². The van der Waals surface area contributed by atoms with Gasteiger partial charge in [0.05, 0.1) is 0 Å². The predicted molar refractivity (Wildman–Crippen MR) is 61.3 cm³/mol. The monoisotopic (exact) mass is 225 g/mol. The Hall–Kier alpha value is -1.59. The summed E-state index contributed by atoms with van der Waals surface area (Å²) in [6.45, 7) is 8.34. The van der Waals surface area contributed by atoms with Crippen LogP contribution < -0.4 is 5.73 Å². The number of oxime groups is 1. The quantitative estimate of drug-likeness (QED) is 0.347. The van der Waals surface area contributed by atoms with E-state index in [2.05, 4.69) is 15.2 Å². The molecule has 1 heterocycles. The minimum Gasteiger partial charge on any atom is -0.409 e. The van der Waals surface area contributed by atoms with Gasteiger partial charge >= 0.3 is 0 Å². The summed E-state index contributed by atoms with van der Waals surface area (Å²) in [7, 11) is 0. The van der Waals surface area contributed by atoms with E-state index in [-0.39, 0.29) is 11.3 Å². The molecule has 0 aromatic carbocycles. The third-order valence-electron chi connectivity index (χ3n) is 2.71. The van der Waals surface area contributed by atoms with Gasteiger partial charge in [-0.15, -0.1) is 0 Å². The first-order valence-electron chi connectivity index (χ1n) is 5.23. The van der Waals surface area contributed by atoms with Gasteiger partial charge in [-0.1, -0.05) is 19.0 Å². The van der Waals surface area contributed by atoms with Crippen molar-refractivity contribution in [3.05, 3.63) is 11.6 Å². The van der Waals surface area contributed by atoms with Gasteiger partial charge in [-0.2, -0.15) is 5.10 Å². The molecule has 0 unspecified atom stereocenters. The summed E-state index contributed by atoms with van der Waals surface area (Å²) < 4.78 is 1.84. The Balaban J connectivity index is 2.68. The van der Waals surface area contributed by atoms with Gasteiger partial charge in [0.25, 0.3) is 0 Å². The Morgan fingerprint density at radius 3 is 2.56 bits per heavy atom. The lowest BCUT2D eigenvalue weighted by molar-refractivity contribution is 0.302. The van der Waals surface area contributed by atoms with Crippen LogP contribution in [0.3, 0.4) is 0 Å². The van der Waals surface area contributed by atoms with Crippen LogP contribution in [0.25, 0.3) is 0 Å². The van der Waals surface area contributed by atoms with E-state index in [1.807, 2.05) is 32.4 Å². The van der Waals surface area contributed by atoms with E-state index in [9.17, 15) is 0 Å². The normalized spacial score (nSPS) is 13.1. The molecule has 6 heteroatoms. The van der Waals surface area contributed by atoms with E-state index in [1.54, 1.807) is 0 Å². The molecule has 0 bridgehead atoms. The highest BCUT2D eigenvalue weighted by molar-refractivity contribution is 5.85. The summed E-state index contributed by atoms with van der Waals surface area (Å²) in [5, 5.41) is 16.0. The third kappa shape index (κ3) is 2.71. The number of amidine groups is 1. The van der Waals surface area contributed by atoms with Crippen molar-refractivity contribution in [2.45, 2.75) is 40.7 Å². The Bertz CT molecular complexity index is 394. The zero-order chi connectivity index (χ0) is 12.3. The molecular weight excluding hydrogens is 206 g/mol. The zero-order valence-electron chi connectivity index (χ0n) is 10.2. The van der Waals surface area contributed by atoms with Crippen LogP contribution in [0, 0.1) is 19.3 Å². The average Bonchev–Trinajstić information content (AvgIpc) is 2.53. The van der Waals surface area contributed by atoms with E-state index < -0.39 is 0 Å². The van der Waals surface area contributed by atoms with Gasteiger partial charge in [0.1, 0.15) is 17.5 Å². The Labute approximate surface area is 95.2 Å². The molecule has 0 saturated heterocycles. The van der Waals surface area contributed by atoms with Crippen molar-refractivity contribution >= 4 is 5.84 Å². The van der Waals surface area contributed by atoms with Crippen LogP contribution in [-0.4, -0.2) is 25.8 Å². The Kier molecular flexibility index (Phi) is 3.51. The highest BCUT2D eigenvalue weighted by atomic mass is 16.4. The van der Waals surface area contributed by atoms with Gasteiger partial charge in [-0.05, 0) is 20.3 Å². The standard InChI is InChI=1S/C10H19N5O/c1-7-12-8(2)15(13-7)6-5-10(3,4)9(11)14-16/h16H,5-6H2,1-4H3,(H2,11,14). The Morgan fingerprint density at radius 2 is 2.12 bits per heavy atom. The van der Waals surface area contributed by atoms with Crippen molar-refractivity contribution in [1.29, 1.82) is 0 Å². The van der Waals surface area contributed by atoms with Crippen molar-refractivity contribution in [2.24, 2.45) is 16.3 Å². The molecule has 0 amide bonds. The summed E-state index contributed by atoms with van der Waals surface area (Å²) in [5.74, 6) is 1.88. The molecule has 1 aromatic rings. The molecule has 6 nitrogen and oxygen atoms in total. The van der Waals surface area contributed by atoms with Crippen molar-refractivity contribution in [3.8, 4) is 0 Å². The molecule has 0 fully saturated rings. The minimum atomic E-state index is -0.346. The topological polar surface area (TPSA) is 89.3 Å². The van der Waals surface area contributed by atoms with Crippen molar-refractivity contribution in [2.75, 3.05) is 0 Å². The highest BCUT2D eigenvalue weighted by Crippen LogP contribution is 2.21. The Morgan fingerprint density at radius 1 is 1.50 bits per heavy atom. The van der Waals surface area contributed by atoms with E-state index in [4.69, 9.17) is 10.9 Å². The van der Waals surface area contributed by atoms with Crippen LogP contribution >= 0.6 is 0 Å². The molecule has 0 radical (unpaired) electrons. The second-order valence-electron chi connectivity index (χ2n) is 4.55. The van der Waals surface area contributed by atoms with Crippen molar-refractivity contribution < 1.29 is 5.21 Å². The molecule has 0 aliphatic carbocycles. The van der Waals surface area contributed by atoms with E-state index >= 15 is 0 Å². The fourth-order valence-corrected chi connectivity index (χ4v) is 1.42. The highest BCUT2D eigenvalue weighted by Gasteiger charge is 2.23. The number of aryl methyl sites for hydroxylation is 3. The zero-order valence-corrected chi connectivity index (χ0v) is 10.2. The van der Waals surface area contributed by atoms with Gasteiger partial charge in [0, 0.05) is 12.0 Å².